The Hall–Kier alpha value is -2.56. The highest BCUT2D eigenvalue weighted by molar-refractivity contribution is 5.76. The molecule has 8 nitrogen and oxygen atoms in total. The van der Waals surface area contributed by atoms with Crippen molar-refractivity contribution in [2.24, 2.45) is 11.5 Å². The summed E-state index contributed by atoms with van der Waals surface area (Å²) in [7, 11) is 0.551. The Morgan fingerprint density at radius 3 is 1.12 bits per heavy atom. The summed E-state index contributed by atoms with van der Waals surface area (Å²) in [6.07, 6.45) is -24.1. The molecule has 184 valence electrons. The van der Waals surface area contributed by atoms with Gasteiger partial charge in [0.25, 0.3) is 0 Å². The number of esters is 2. The Balaban J connectivity index is 0.000000792. The lowest BCUT2D eigenvalue weighted by molar-refractivity contribution is -0.502. The lowest BCUT2D eigenvalue weighted by Gasteiger charge is -2.29. The van der Waals surface area contributed by atoms with Gasteiger partial charge in [0.2, 0.25) is 0 Å². The van der Waals surface area contributed by atoms with E-state index in [2.05, 4.69) is 18.9 Å². The lowest BCUT2D eigenvalue weighted by atomic mass is 10.1. The summed E-state index contributed by atoms with van der Waals surface area (Å²) in [6.45, 7) is 1.20. The number of nitrogens with two attached hydrogens (primary N) is 2. The molecule has 0 radical (unpaired) electrons. The van der Waals surface area contributed by atoms with Crippen LogP contribution in [-0.4, -0.2) is 50.6 Å². The van der Waals surface area contributed by atoms with Crippen LogP contribution in [0.15, 0.2) is 24.3 Å². The molecule has 0 heterocycles. The topological polar surface area (TPSA) is 123 Å². The number of ether oxygens (including phenoxy) is 4. The Kier molecular flexibility index (Phi) is 10.4. The van der Waals surface area contributed by atoms with Crippen LogP contribution in [0, 0.1) is 0 Å². The second-order valence-corrected chi connectivity index (χ2v) is 5.48. The zero-order valence-electron chi connectivity index (χ0n) is 16.4. The number of hydrogen-bond donors (Lipinski definition) is 2. The van der Waals surface area contributed by atoms with Crippen molar-refractivity contribution in [1.82, 2.24) is 0 Å². The fourth-order valence-corrected chi connectivity index (χ4v) is 1.57. The normalized spacial score (nSPS) is 12.5. The predicted molar refractivity (Wildman–Crippen MR) is 88.2 cm³/mol. The maximum Gasteiger partial charge on any atom is 0.460 e. The van der Waals surface area contributed by atoms with E-state index < -0.39 is 36.4 Å². The summed E-state index contributed by atoms with van der Waals surface area (Å²) in [6, 6.07) is 8.01. The summed E-state index contributed by atoms with van der Waals surface area (Å²) >= 11 is 0. The molecule has 1 aromatic carbocycles. The smallest absolute Gasteiger partial charge is 0.460 e. The fourth-order valence-electron chi connectivity index (χ4n) is 1.57. The van der Waals surface area contributed by atoms with Crippen LogP contribution in [0.1, 0.15) is 11.1 Å². The maximum atomic E-state index is 12.8. The molecule has 0 saturated carbocycles. The molecule has 0 aromatic heterocycles. The van der Waals surface area contributed by atoms with Crippen LogP contribution in [0.2, 0.25) is 0 Å². The zero-order valence-corrected chi connectivity index (χ0v) is 16.4. The van der Waals surface area contributed by atoms with Crippen molar-refractivity contribution in [3.8, 4) is 0 Å². The zero-order chi connectivity index (χ0) is 25.4. The second kappa shape index (κ2) is 11.3. The Labute approximate surface area is 175 Å². The molecule has 0 saturated heterocycles. The van der Waals surface area contributed by atoms with Gasteiger partial charge in [-0.3, -0.25) is 0 Å². The average Bonchev–Trinajstić information content (AvgIpc) is 2.71. The summed E-state index contributed by atoms with van der Waals surface area (Å²) in [5, 5.41) is 0. The minimum absolute atomic E-state index is 0.276. The molecule has 0 atom stereocenters. The number of carbonyl (C=O) groups excluding carboxylic acids is 2. The van der Waals surface area contributed by atoms with Crippen LogP contribution in [0.5, 0.6) is 0 Å². The fraction of sp³-hybridized carbons (Fsp3) is 0.500. The monoisotopic (exact) mass is 486 g/mol. The number of halogens is 8. The van der Waals surface area contributed by atoms with Gasteiger partial charge in [-0.15, -0.1) is 0 Å². The quantitative estimate of drug-likeness (QED) is 0.403. The van der Waals surface area contributed by atoms with Crippen LogP contribution in [0.3, 0.4) is 0 Å². The van der Waals surface area contributed by atoms with Crippen LogP contribution in [-0.2, 0) is 41.6 Å². The van der Waals surface area contributed by atoms with E-state index in [1.54, 1.807) is 0 Å². The van der Waals surface area contributed by atoms with E-state index in [4.69, 9.17) is 11.5 Å². The second-order valence-electron chi connectivity index (χ2n) is 5.48. The molecule has 4 N–H and O–H groups in total. The summed E-state index contributed by atoms with van der Waals surface area (Å²) in [4.78, 5) is 20.7. The molecule has 0 unspecified atom stereocenters. The third-order valence-corrected chi connectivity index (χ3v) is 3.19. The SMILES string of the molecule is COC(=O)C(F)(F)OC(F)(F)C(F)(F)OC(F)(F)C(=O)OC.NCc1ccc(CN)cc1. The van der Waals surface area contributed by atoms with Crippen molar-refractivity contribution in [3.05, 3.63) is 35.4 Å². The van der Waals surface area contributed by atoms with Gasteiger partial charge >= 0.3 is 36.4 Å². The Morgan fingerprint density at radius 2 is 0.938 bits per heavy atom. The van der Waals surface area contributed by atoms with E-state index in [1.807, 2.05) is 24.3 Å². The van der Waals surface area contributed by atoms with Gasteiger partial charge in [-0.25, -0.2) is 19.1 Å². The summed E-state index contributed by atoms with van der Waals surface area (Å²) in [5.41, 5.74) is 13.1. The van der Waals surface area contributed by atoms with Crippen molar-refractivity contribution >= 4 is 11.9 Å². The number of benzene rings is 1. The average molecular weight is 486 g/mol. The van der Waals surface area contributed by atoms with Gasteiger partial charge < -0.3 is 20.9 Å². The molecule has 0 fully saturated rings. The highest BCUT2D eigenvalue weighted by atomic mass is 19.3. The van der Waals surface area contributed by atoms with Crippen LogP contribution < -0.4 is 11.5 Å². The number of alkyl halides is 8. The van der Waals surface area contributed by atoms with Gasteiger partial charge in [0, 0.05) is 13.1 Å². The molecule has 32 heavy (non-hydrogen) atoms. The van der Waals surface area contributed by atoms with E-state index in [-0.39, 0.29) is 14.2 Å². The Morgan fingerprint density at radius 1 is 0.688 bits per heavy atom. The Bertz CT molecular complexity index is 698. The van der Waals surface area contributed by atoms with Crippen molar-refractivity contribution in [2.45, 2.75) is 37.5 Å². The molecule has 0 amide bonds. The van der Waals surface area contributed by atoms with E-state index in [1.165, 1.54) is 0 Å². The maximum absolute atomic E-state index is 12.8. The first-order chi connectivity index (χ1) is 14.5. The largest absolute Gasteiger partial charge is 0.463 e. The van der Waals surface area contributed by atoms with E-state index in [0.717, 1.165) is 11.1 Å². The number of methoxy groups -OCH3 is 2. The number of rotatable bonds is 9. The summed E-state index contributed by atoms with van der Waals surface area (Å²) < 4.78 is 113. The highest BCUT2D eigenvalue weighted by Gasteiger charge is 2.70. The minimum Gasteiger partial charge on any atom is -0.463 e. The molecule has 0 bridgehead atoms. The van der Waals surface area contributed by atoms with E-state index in [9.17, 15) is 44.7 Å². The van der Waals surface area contributed by atoms with Crippen LogP contribution in [0.4, 0.5) is 35.1 Å². The number of hydrogen-bond acceptors (Lipinski definition) is 8. The van der Waals surface area contributed by atoms with Gasteiger partial charge in [0.15, 0.2) is 0 Å². The molecule has 1 rings (SSSR count). The van der Waals surface area contributed by atoms with Gasteiger partial charge in [0.1, 0.15) is 0 Å². The highest BCUT2D eigenvalue weighted by Crippen LogP contribution is 2.43. The molecular formula is C16H18F8N2O6. The molecule has 0 aliphatic carbocycles. The van der Waals surface area contributed by atoms with Crippen molar-refractivity contribution in [1.29, 1.82) is 0 Å². The molecule has 16 heteroatoms. The molecule has 0 spiro atoms. The molecular weight excluding hydrogens is 468 g/mol. The molecule has 0 aliphatic heterocycles. The van der Waals surface area contributed by atoms with Crippen molar-refractivity contribution in [2.75, 3.05) is 14.2 Å². The van der Waals surface area contributed by atoms with Crippen LogP contribution in [0.25, 0.3) is 0 Å². The first-order valence-corrected chi connectivity index (χ1v) is 8.06. The minimum atomic E-state index is -6.44. The lowest BCUT2D eigenvalue weighted by Crippen LogP contribution is -2.54. The van der Waals surface area contributed by atoms with E-state index >= 15 is 0 Å². The van der Waals surface area contributed by atoms with Gasteiger partial charge in [-0.05, 0) is 11.1 Å². The third kappa shape index (κ3) is 8.18. The van der Waals surface area contributed by atoms with Gasteiger partial charge in [0.05, 0.1) is 14.2 Å². The summed E-state index contributed by atoms with van der Waals surface area (Å²) in [5.74, 6) is -5.63. The van der Waals surface area contributed by atoms with Crippen LogP contribution >= 0.6 is 0 Å². The third-order valence-electron chi connectivity index (χ3n) is 3.19. The molecule has 0 aliphatic rings. The van der Waals surface area contributed by atoms with Gasteiger partial charge in [-0.2, -0.15) is 35.1 Å². The number of carbonyl (C=O) groups is 2. The molecule has 1 aromatic rings. The van der Waals surface area contributed by atoms with E-state index in [0.29, 0.717) is 13.1 Å². The van der Waals surface area contributed by atoms with Crippen molar-refractivity contribution in [3.63, 3.8) is 0 Å². The predicted octanol–water partition coefficient (Wildman–Crippen LogP) is 2.34. The van der Waals surface area contributed by atoms with Gasteiger partial charge in [-0.1, -0.05) is 24.3 Å². The first-order valence-electron chi connectivity index (χ1n) is 8.06. The first kappa shape index (κ1) is 29.4. The van der Waals surface area contributed by atoms with Crippen molar-refractivity contribution < 1.29 is 63.7 Å². The standard InChI is InChI=1S/C8H6F8O6.C8H12N2/c1-19-3(17)5(9,10)21-7(13,14)8(15,16)22-6(11,12)4(18)20-2;9-5-7-1-2-8(6-10)4-3-7/h1-2H3;1-4H,5-6,9-10H2.